The van der Waals surface area contributed by atoms with Crippen LogP contribution in [0.5, 0.6) is 11.5 Å². The lowest BCUT2D eigenvalue weighted by Gasteiger charge is -2.25. The molecular weight excluding hydrogens is 408 g/mol. The Morgan fingerprint density at radius 1 is 0.625 bits per heavy atom. The molecule has 0 aromatic heterocycles. The van der Waals surface area contributed by atoms with E-state index in [0.29, 0.717) is 45.6 Å². The zero-order chi connectivity index (χ0) is 23.4. The Balaban J connectivity index is 1.98. The van der Waals surface area contributed by atoms with Crippen LogP contribution in [0.4, 0.5) is 34.1 Å². The van der Waals surface area contributed by atoms with Crippen LogP contribution in [0.25, 0.3) is 0 Å². The van der Waals surface area contributed by atoms with E-state index < -0.39 is 0 Å². The van der Waals surface area contributed by atoms with Crippen LogP contribution < -0.4 is 30.7 Å². The monoisotopic (exact) mass is 434 g/mol. The lowest BCUT2D eigenvalue weighted by molar-refractivity contribution is -0.116. The van der Waals surface area contributed by atoms with Gasteiger partial charge in [0.05, 0.1) is 37.0 Å². The van der Waals surface area contributed by atoms with E-state index >= 15 is 0 Å². The number of nitrogens with two attached hydrogens (primary N) is 2. The van der Waals surface area contributed by atoms with Crippen molar-refractivity contribution in [2.75, 3.05) is 35.5 Å². The fraction of sp³-hybridized carbons (Fsp3) is 0.167. The fourth-order valence-electron chi connectivity index (χ4n) is 3.50. The minimum atomic E-state index is -0.186. The van der Waals surface area contributed by atoms with Gasteiger partial charge < -0.3 is 20.9 Å². The van der Waals surface area contributed by atoms with Crippen molar-refractivity contribution in [1.82, 2.24) is 0 Å². The average molecular weight is 434 g/mol. The van der Waals surface area contributed by atoms with Crippen LogP contribution >= 0.6 is 0 Å². The average Bonchev–Trinajstić information content (AvgIpc) is 2.75. The highest BCUT2D eigenvalue weighted by Gasteiger charge is 2.19. The summed E-state index contributed by atoms with van der Waals surface area (Å²) < 4.78 is 10.4. The van der Waals surface area contributed by atoms with Crippen molar-refractivity contribution in [3.05, 3.63) is 60.7 Å². The second kappa shape index (κ2) is 9.30. The number of carbonyl (C=O) groups excluding carboxylic acids is 2. The number of amides is 2. The van der Waals surface area contributed by atoms with Gasteiger partial charge in [-0.2, -0.15) is 0 Å². The van der Waals surface area contributed by atoms with Gasteiger partial charge in [-0.05, 0) is 60.7 Å². The van der Waals surface area contributed by atoms with Crippen molar-refractivity contribution < 1.29 is 19.1 Å². The lowest BCUT2D eigenvalue weighted by Crippen LogP contribution is -2.24. The van der Waals surface area contributed by atoms with Crippen molar-refractivity contribution >= 4 is 45.9 Å². The molecule has 3 aromatic carbocycles. The second-order valence-electron chi connectivity index (χ2n) is 7.08. The molecule has 0 unspecified atom stereocenters. The number of benzene rings is 3. The number of nitrogen functional groups attached to an aromatic ring is 2. The Bertz CT molecular complexity index is 1050. The summed E-state index contributed by atoms with van der Waals surface area (Å²) >= 11 is 0. The van der Waals surface area contributed by atoms with Crippen molar-refractivity contribution in [2.24, 2.45) is 0 Å². The molecule has 0 fully saturated rings. The summed E-state index contributed by atoms with van der Waals surface area (Å²) in [6.07, 6.45) is 0. The quantitative estimate of drug-likeness (QED) is 0.562. The molecule has 0 spiro atoms. The van der Waals surface area contributed by atoms with Crippen LogP contribution in [-0.4, -0.2) is 26.0 Å². The second-order valence-corrected chi connectivity index (χ2v) is 7.08. The molecule has 8 nitrogen and oxygen atoms in total. The molecule has 0 saturated carbocycles. The normalized spacial score (nSPS) is 10.4. The molecule has 0 heterocycles. The van der Waals surface area contributed by atoms with Gasteiger partial charge in [0, 0.05) is 25.2 Å². The third-order valence-electron chi connectivity index (χ3n) is 4.94. The van der Waals surface area contributed by atoms with Gasteiger partial charge >= 0.3 is 0 Å². The van der Waals surface area contributed by atoms with Crippen molar-refractivity contribution in [1.29, 1.82) is 0 Å². The van der Waals surface area contributed by atoms with Crippen molar-refractivity contribution in [2.45, 2.75) is 13.8 Å². The summed E-state index contributed by atoms with van der Waals surface area (Å²) in [6, 6.07) is 17.3. The first-order valence-electron chi connectivity index (χ1n) is 9.85. The minimum Gasteiger partial charge on any atom is -0.495 e. The third-order valence-corrected chi connectivity index (χ3v) is 4.94. The Kier molecular flexibility index (Phi) is 6.53. The maximum absolute atomic E-state index is 12.4. The number of carbonyl (C=O) groups is 2. The standard InChI is InChI=1S/C24H26N4O4/c1-15(29)27(19-9-11-23(31-3)21(25)13-19)17-5-7-18(8-6-17)28(16(2)30)20-10-12-24(32-4)22(26)14-20/h5-14H,25-26H2,1-4H3. The highest BCUT2D eigenvalue weighted by Crippen LogP contribution is 2.35. The van der Waals surface area contributed by atoms with Gasteiger partial charge in [0.1, 0.15) is 11.5 Å². The van der Waals surface area contributed by atoms with Gasteiger partial charge in [-0.3, -0.25) is 19.4 Å². The van der Waals surface area contributed by atoms with Gasteiger partial charge in [0.25, 0.3) is 0 Å². The molecule has 0 aliphatic heterocycles. The molecular formula is C24H26N4O4. The number of hydrogen-bond donors (Lipinski definition) is 2. The first kappa shape index (κ1) is 22.5. The van der Waals surface area contributed by atoms with E-state index in [1.54, 1.807) is 60.7 Å². The predicted octanol–water partition coefficient (Wildman–Crippen LogP) is 4.24. The molecule has 0 radical (unpaired) electrons. The molecule has 2 amide bonds. The van der Waals surface area contributed by atoms with Crippen LogP contribution in [0, 0.1) is 0 Å². The summed E-state index contributed by atoms with van der Waals surface area (Å²) in [6.45, 7) is 2.94. The van der Waals surface area contributed by atoms with Crippen LogP contribution in [0.1, 0.15) is 13.8 Å². The zero-order valence-corrected chi connectivity index (χ0v) is 18.5. The van der Waals surface area contributed by atoms with E-state index in [9.17, 15) is 9.59 Å². The van der Waals surface area contributed by atoms with Crippen LogP contribution in [-0.2, 0) is 9.59 Å². The van der Waals surface area contributed by atoms with Crippen molar-refractivity contribution in [3.8, 4) is 11.5 Å². The lowest BCUT2D eigenvalue weighted by atomic mass is 10.1. The Hall–Kier alpha value is -4.20. The Morgan fingerprint density at radius 2 is 0.938 bits per heavy atom. The zero-order valence-electron chi connectivity index (χ0n) is 18.5. The summed E-state index contributed by atoms with van der Waals surface area (Å²) in [4.78, 5) is 27.9. The first-order valence-corrected chi connectivity index (χ1v) is 9.85. The minimum absolute atomic E-state index is 0.186. The topological polar surface area (TPSA) is 111 Å². The Labute approximate surface area is 186 Å². The van der Waals surface area contributed by atoms with E-state index in [2.05, 4.69) is 0 Å². The number of methoxy groups -OCH3 is 2. The number of rotatable bonds is 6. The summed E-state index contributed by atoms with van der Waals surface area (Å²) in [5.74, 6) is 0.689. The van der Waals surface area contributed by atoms with Crippen LogP contribution in [0.2, 0.25) is 0 Å². The molecule has 0 aliphatic carbocycles. The van der Waals surface area contributed by atoms with E-state index in [1.807, 2.05) is 0 Å². The van der Waals surface area contributed by atoms with Crippen LogP contribution in [0.15, 0.2) is 60.7 Å². The van der Waals surface area contributed by atoms with Gasteiger partial charge in [-0.15, -0.1) is 0 Å². The fourth-order valence-corrected chi connectivity index (χ4v) is 3.50. The molecule has 0 bridgehead atoms. The number of ether oxygens (including phenoxy) is 2. The molecule has 0 aliphatic rings. The number of hydrogen-bond acceptors (Lipinski definition) is 6. The third kappa shape index (κ3) is 4.44. The molecule has 0 saturated heterocycles. The van der Waals surface area contributed by atoms with Crippen LogP contribution in [0.3, 0.4) is 0 Å². The maximum atomic E-state index is 12.4. The van der Waals surface area contributed by atoms with Gasteiger partial charge in [-0.1, -0.05) is 0 Å². The van der Waals surface area contributed by atoms with Gasteiger partial charge in [0.2, 0.25) is 11.8 Å². The Morgan fingerprint density at radius 3 is 1.19 bits per heavy atom. The smallest absolute Gasteiger partial charge is 0.228 e. The highest BCUT2D eigenvalue weighted by molar-refractivity contribution is 6.02. The largest absolute Gasteiger partial charge is 0.495 e. The molecule has 3 rings (SSSR count). The molecule has 0 atom stereocenters. The van der Waals surface area contributed by atoms with E-state index in [1.165, 1.54) is 37.9 Å². The van der Waals surface area contributed by atoms with E-state index in [-0.39, 0.29) is 11.8 Å². The number of anilines is 6. The predicted molar refractivity (Wildman–Crippen MR) is 127 cm³/mol. The maximum Gasteiger partial charge on any atom is 0.228 e. The van der Waals surface area contributed by atoms with Gasteiger partial charge in [-0.25, -0.2) is 0 Å². The van der Waals surface area contributed by atoms with E-state index in [4.69, 9.17) is 20.9 Å². The summed E-state index contributed by atoms with van der Waals surface area (Å²) in [7, 11) is 3.06. The molecule has 4 N–H and O–H groups in total. The summed E-state index contributed by atoms with van der Waals surface area (Å²) in [5, 5.41) is 0. The highest BCUT2D eigenvalue weighted by atomic mass is 16.5. The summed E-state index contributed by atoms with van der Waals surface area (Å²) in [5.41, 5.74) is 15.3. The molecule has 8 heteroatoms. The SMILES string of the molecule is COc1ccc(N(C(C)=O)c2ccc(N(C(C)=O)c3ccc(OC)c(N)c3)cc2)cc1N. The molecule has 166 valence electrons. The molecule has 3 aromatic rings. The van der Waals surface area contributed by atoms with Crippen molar-refractivity contribution in [3.63, 3.8) is 0 Å². The molecule has 32 heavy (non-hydrogen) atoms. The van der Waals surface area contributed by atoms with E-state index in [0.717, 1.165) is 0 Å². The number of nitrogens with zero attached hydrogens (tertiary/aromatic N) is 2. The van der Waals surface area contributed by atoms with Gasteiger partial charge in [0.15, 0.2) is 0 Å². The first-order chi connectivity index (χ1) is 15.3.